The number of hydrogen-bond donors (Lipinski definition) is 1. The van der Waals surface area contributed by atoms with Gasteiger partial charge in [0.05, 0.1) is 26.4 Å². The number of ether oxygens (including phenoxy) is 2. The Bertz CT molecular complexity index is 281. The predicted molar refractivity (Wildman–Crippen MR) is 59.4 cm³/mol. The minimum absolute atomic E-state index is 0.116. The van der Waals surface area contributed by atoms with Crippen molar-refractivity contribution in [1.29, 1.82) is 0 Å². The highest BCUT2D eigenvalue weighted by Crippen LogP contribution is 2.20. The molecule has 6 nitrogen and oxygen atoms in total. The van der Waals surface area contributed by atoms with E-state index in [0.717, 1.165) is 12.8 Å². The number of esters is 1. The first-order chi connectivity index (χ1) is 8.10. The number of carbonyl (C=O) groups is 2. The molecule has 0 aliphatic carbocycles. The number of aliphatic hydroxyl groups is 1. The molecule has 1 fully saturated rings. The molecule has 1 aliphatic rings. The van der Waals surface area contributed by atoms with E-state index in [9.17, 15) is 14.7 Å². The second-order valence-electron chi connectivity index (χ2n) is 4.05. The van der Waals surface area contributed by atoms with Crippen LogP contribution in [0.25, 0.3) is 0 Å². The Balaban J connectivity index is 2.54. The molecule has 0 saturated carbocycles. The van der Waals surface area contributed by atoms with Crippen molar-refractivity contribution in [3.63, 3.8) is 0 Å². The quantitative estimate of drug-likeness (QED) is 0.577. The number of methoxy groups -OCH3 is 1. The van der Waals surface area contributed by atoms with Crippen molar-refractivity contribution in [2.45, 2.75) is 38.3 Å². The van der Waals surface area contributed by atoms with Gasteiger partial charge in [-0.05, 0) is 6.42 Å². The third kappa shape index (κ3) is 3.59. The van der Waals surface area contributed by atoms with E-state index in [1.807, 2.05) is 6.92 Å². The zero-order valence-corrected chi connectivity index (χ0v) is 10.2. The van der Waals surface area contributed by atoms with Crippen LogP contribution < -0.4 is 0 Å². The minimum atomic E-state index is -0.732. The maximum absolute atomic E-state index is 11.7. The number of β-amino-alcohol motifs (C(OH)–C–C–N with tert-alkyl or cyclic N) is 1. The topological polar surface area (TPSA) is 76.1 Å². The summed E-state index contributed by atoms with van der Waals surface area (Å²) >= 11 is 0. The summed E-state index contributed by atoms with van der Waals surface area (Å²) in [4.78, 5) is 24.3. The molecule has 0 aromatic carbocycles. The van der Waals surface area contributed by atoms with Crippen LogP contribution in [0.2, 0.25) is 0 Å². The highest BCUT2D eigenvalue weighted by atomic mass is 16.6. The Morgan fingerprint density at radius 1 is 1.47 bits per heavy atom. The number of aliphatic hydroxyl groups excluding tert-OH is 1. The van der Waals surface area contributed by atoms with E-state index in [1.54, 1.807) is 0 Å². The van der Waals surface area contributed by atoms with Gasteiger partial charge in [0.25, 0.3) is 0 Å². The maximum Gasteiger partial charge on any atom is 0.410 e. The van der Waals surface area contributed by atoms with Crippen LogP contribution >= 0.6 is 0 Å². The van der Waals surface area contributed by atoms with Crippen LogP contribution in [-0.4, -0.2) is 54.5 Å². The molecule has 6 heteroatoms. The number of hydrogen-bond acceptors (Lipinski definition) is 5. The van der Waals surface area contributed by atoms with Crippen molar-refractivity contribution in [2.75, 3.05) is 20.3 Å². The first-order valence-corrected chi connectivity index (χ1v) is 5.79. The summed E-state index contributed by atoms with van der Waals surface area (Å²) in [6, 6.07) is -0.732. The van der Waals surface area contributed by atoms with Crippen LogP contribution in [0.4, 0.5) is 4.79 Å². The Hall–Kier alpha value is -1.30. The van der Waals surface area contributed by atoms with Gasteiger partial charge in [0.1, 0.15) is 6.04 Å². The summed E-state index contributed by atoms with van der Waals surface area (Å²) < 4.78 is 9.60. The number of nitrogens with zero attached hydrogens (tertiary/aromatic N) is 1. The van der Waals surface area contributed by atoms with E-state index in [2.05, 4.69) is 4.74 Å². The zero-order chi connectivity index (χ0) is 12.8. The van der Waals surface area contributed by atoms with Gasteiger partial charge in [-0.3, -0.25) is 4.90 Å². The molecule has 1 amide bonds. The Labute approximate surface area is 100 Å². The second kappa shape index (κ2) is 6.44. The first kappa shape index (κ1) is 13.8. The lowest BCUT2D eigenvalue weighted by atomic mass is 10.2. The van der Waals surface area contributed by atoms with Crippen LogP contribution in [0.15, 0.2) is 0 Å². The van der Waals surface area contributed by atoms with Gasteiger partial charge in [0.2, 0.25) is 0 Å². The molecular formula is C11H19NO5. The van der Waals surface area contributed by atoms with Crippen LogP contribution in [0.5, 0.6) is 0 Å². The van der Waals surface area contributed by atoms with Gasteiger partial charge in [-0.25, -0.2) is 9.59 Å². The molecule has 1 heterocycles. The minimum Gasteiger partial charge on any atom is -0.467 e. The smallest absolute Gasteiger partial charge is 0.410 e. The third-order valence-electron chi connectivity index (χ3n) is 2.71. The number of amides is 1. The van der Waals surface area contributed by atoms with Crippen LogP contribution in [0.3, 0.4) is 0 Å². The van der Waals surface area contributed by atoms with Gasteiger partial charge < -0.3 is 14.6 Å². The summed E-state index contributed by atoms with van der Waals surface area (Å²) in [6.45, 7) is 2.44. The molecule has 1 aliphatic heterocycles. The van der Waals surface area contributed by atoms with Crippen molar-refractivity contribution >= 4 is 12.1 Å². The Kier molecular flexibility index (Phi) is 5.21. The van der Waals surface area contributed by atoms with Crippen LogP contribution in [0, 0.1) is 0 Å². The molecule has 1 saturated heterocycles. The summed E-state index contributed by atoms with van der Waals surface area (Å²) in [5.74, 6) is -0.519. The van der Waals surface area contributed by atoms with E-state index in [0.29, 0.717) is 6.61 Å². The van der Waals surface area contributed by atoms with Gasteiger partial charge in [-0.15, -0.1) is 0 Å². The molecule has 2 atom stereocenters. The summed E-state index contributed by atoms with van der Waals surface area (Å²) in [5, 5.41) is 9.48. The fraction of sp³-hybridized carbons (Fsp3) is 0.818. The Morgan fingerprint density at radius 2 is 2.18 bits per heavy atom. The van der Waals surface area contributed by atoms with E-state index in [1.165, 1.54) is 12.0 Å². The number of carbonyl (C=O) groups excluding carboxylic acids is 2. The summed E-state index contributed by atoms with van der Waals surface area (Å²) in [6.07, 6.45) is 0.653. The number of likely N-dealkylation sites (tertiary alicyclic amines) is 1. The van der Waals surface area contributed by atoms with E-state index in [-0.39, 0.29) is 13.0 Å². The molecule has 0 aromatic heterocycles. The van der Waals surface area contributed by atoms with E-state index < -0.39 is 24.2 Å². The number of rotatable bonds is 4. The summed E-state index contributed by atoms with van der Waals surface area (Å²) in [7, 11) is 1.26. The molecule has 1 rings (SSSR count). The lowest BCUT2D eigenvalue weighted by molar-refractivity contribution is -0.145. The first-order valence-electron chi connectivity index (χ1n) is 5.79. The molecule has 0 radical (unpaired) electrons. The average Bonchev–Trinajstić information content (AvgIpc) is 2.70. The van der Waals surface area contributed by atoms with E-state index >= 15 is 0 Å². The van der Waals surface area contributed by atoms with Gasteiger partial charge in [-0.2, -0.15) is 0 Å². The monoisotopic (exact) mass is 245 g/mol. The van der Waals surface area contributed by atoms with Crippen molar-refractivity contribution in [3.8, 4) is 0 Å². The van der Waals surface area contributed by atoms with Gasteiger partial charge >= 0.3 is 12.1 Å². The molecule has 2 unspecified atom stereocenters. The van der Waals surface area contributed by atoms with Crippen LogP contribution in [0.1, 0.15) is 26.2 Å². The van der Waals surface area contributed by atoms with Gasteiger partial charge in [0, 0.05) is 6.42 Å². The second-order valence-corrected chi connectivity index (χ2v) is 4.05. The predicted octanol–water partition coefficient (Wildman–Crippen LogP) is 0.531. The summed E-state index contributed by atoms with van der Waals surface area (Å²) in [5.41, 5.74) is 0. The highest BCUT2D eigenvalue weighted by molar-refractivity contribution is 5.82. The molecule has 17 heavy (non-hydrogen) atoms. The molecule has 0 bridgehead atoms. The standard InChI is InChI=1S/C11H19NO5/c1-3-4-5-17-11(15)12-7-8(13)6-9(12)10(14)16-2/h8-9,13H,3-7H2,1-2H3. The largest absolute Gasteiger partial charge is 0.467 e. The molecule has 0 spiro atoms. The Morgan fingerprint density at radius 3 is 2.76 bits per heavy atom. The van der Waals surface area contributed by atoms with Crippen molar-refractivity contribution < 1.29 is 24.2 Å². The molecule has 0 aromatic rings. The van der Waals surface area contributed by atoms with Crippen molar-refractivity contribution in [1.82, 2.24) is 4.90 Å². The molecule has 98 valence electrons. The van der Waals surface area contributed by atoms with Gasteiger partial charge in [-0.1, -0.05) is 13.3 Å². The fourth-order valence-corrected chi connectivity index (χ4v) is 1.76. The van der Waals surface area contributed by atoms with Gasteiger partial charge in [0.15, 0.2) is 0 Å². The van der Waals surface area contributed by atoms with Crippen molar-refractivity contribution in [3.05, 3.63) is 0 Å². The SMILES string of the molecule is CCCCOC(=O)N1CC(O)CC1C(=O)OC. The average molecular weight is 245 g/mol. The molecular weight excluding hydrogens is 226 g/mol. The lowest BCUT2D eigenvalue weighted by Gasteiger charge is -2.21. The molecule has 1 N–H and O–H groups in total. The van der Waals surface area contributed by atoms with Crippen LogP contribution in [-0.2, 0) is 14.3 Å². The highest BCUT2D eigenvalue weighted by Gasteiger charge is 2.40. The lowest BCUT2D eigenvalue weighted by Crippen LogP contribution is -2.41. The maximum atomic E-state index is 11.7. The zero-order valence-electron chi connectivity index (χ0n) is 10.2. The van der Waals surface area contributed by atoms with E-state index in [4.69, 9.17) is 4.74 Å². The van der Waals surface area contributed by atoms with Crippen molar-refractivity contribution in [2.24, 2.45) is 0 Å². The normalized spacial score (nSPS) is 23.6. The third-order valence-corrected chi connectivity index (χ3v) is 2.71. The number of unbranched alkanes of at least 4 members (excludes halogenated alkanes) is 1. The fourth-order valence-electron chi connectivity index (χ4n) is 1.76.